The van der Waals surface area contributed by atoms with Crippen LogP contribution in [0.25, 0.3) is 11.1 Å². The number of benzene rings is 1. The number of aromatic nitrogens is 1. The second-order valence-electron chi connectivity index (χ2n) is 5.76. The van der Waals surface area contributed by atoms with Gasteiger partial charge in [0.1, 0.15) is 5.69 Å². The van der Waals surface area contributed by atoms with Crippen LogP contribution in [0.15, 0.2) is 36.5 Å². The molecule has 0 bridgehead atoms. The van der Waals surface area contributed by atoms with Crippen LogP contribution in [0.1, 0.15) is 36.7 Å². The lowest BCUT2D eigenvalue weighted by Crippen LogP contribution is -2.36. The fourth-order valence-electron chi connectivity index (χ4n) is 3.01. The van der Waals surface area contributed by atoms with Crippen molar-refractivity contribution in [2.24, 2.45) is 0 Å². The van der Waals surface area contributed by atoms with Gasteiger partial charge in [0.15, 0.2) is 0 Å². The number of nitrogens with zero attached hydrogens (tertiary/aromatic N) is 2. The normalized spacial score (nSPS) is 15.1. The summed E-state index contributed by atoms with van der Waals surface area (Å²) in [6, 6.07) is 9.75. The van der Waals surface area contributed by atoms with Crippen molar-refractivity contribution >= 4 is 17.5 Å². The van der Waals surface area contributed by atoms with Gasteiger partial charge in [0.2, 0.25) is 0 Å². The van der Waals surface area contributed by atoms with Gasteiger partial charge in [0.25, 0.3) is 5.91 Å². The minimum Gasteiger partial charge on any atom is -0.343 e. The van der Waals surface area contributed by atoms with Crippen molar-refractivity contribution < 1.29 is 4.79 Å². The van der Waals surface area contributed by atoms with Crippen LogP contribution >= 0.6 is 11.6 Å². The number of amides is 1. The number of piperidine rings is 1. The molecule has 0 aliphatic carbocycles. The first-order valence-corrected chi connectivity index (χ1v) is 8.32. The third-order valence-electron chi connectivity index (χ3n) is 4.28. The molecule has 0 unspecified atom stereocenters. The maximum Gasteiger partial charge on any atom is 0.270 e. The maximum absolute atomic E-state index is 12.8. The Morgan fingerprint density at radius 2 is 1.77 bits per heavy atom. The summed E-state index contributed by atoms with van der Waals surface area (Å²) in [5.74, 6) is 0.154. The Bertz CT molecular complexity index is 654. The van der Waals surface area contributed by atoms with E-state index >= 15 is 0 Å². The molecule has 2 aromatic rings. The smallest absolute Gasteiger partial charge is 0.270 e. The van der Waals surface area contributed by atoms with Crippen LogP contribution in [0.5, 0.6) is 0 Å². The summed E-state index contributed by atoms with van der Waals surface area (Å²) >= 11 is 5.95. The monoisotopic (exact) mass is 316 g/mol. The van der Waals surface area contributed by atoms with Crippen molar-refractivity contribution in [3.05, 3.63) is 47.2 Å². The summed E-state index contributed by atoms with van der Waals surface area (Å²) in [7, 11) is 0. The quantitative estimate of drug-likeness (QED) is 0.821. The zero-order valence-electron chi connectivity index (χ0n) is 12.9. The van der Waals surface area contributed by atoms with Crippen LogP contribution in [0.4, 0.5) is 0 Å². The Hall–Kier alpha value is -1.74. The molecule has 1 aromatic carbocycles. The molecule has 116 valence electrons. The highest BCUT2D eigenvalue weighted by molar-refractivity contribution is 6.30. The molecule has 0 spiro atoms. The average molecular weight is 317 g/mol. The van der Waals surface area contributed by atoms with Crippen LogP contribution in [-0.4, -0.2) is 28.5 Å². The Balaban J connectivity index is 1.90. The average Bonchev–Trinajstić information content (AvgIpc) is 3.00. The summed E-state index contributed by atoms with van der Waals surface area (Å²) in [5.41, 5.74) is 2.94. The molecule has 0 saturated carbocycles. The van der Waals surface area contributed by atoms with Gasteiger partial charge in [-0.1, -0.05) is 23.7 Å². The Labute approximate surface area is 136 Å². The van der Waals surface area contributed by atoms with Crippen LogP contribution in [0.3, 0.4) is 0 Å². The highest BCUT2D eigenvalue weighted by atomic mass is 35.5. The highest BCUT2D eigenvalue weighted by Gasteiger charge is 2.21. The van der Waals surface area contributed by atoms with Gasteiger partial charge in [0.05, 0.1) is 0 Å². The van der Waals surface area contributed by atoms with Crippen molar-refractivity contribution in [1.82, 2.24) is 9.47 Å². The predicted molar refractivity (Wildman–Crippen MR) is 90.3 cm³/mol. The number of hydrogen-bond donors (Lipinski definition) is 0. The van der Waals surface area contributed by atoms with E-state index < -0.39 is 0 Å². The standard InChI is InChI=1S/C18H21ClN2O/c1-2-20-13-15(14-6-8-16(19)9-7-14)12-17(20)18(22)21-10-4-3-5-11-21/h6-9,12-13H,2-5,10-11H2,1H3. The summed E-state index contributed by atoms with van der Waals surface area (Å²) in [5, 5.41) is 0.725. The van der Waals surface area contributed by atoms with E-state index in [2.05, 4.69) is 13.1 Å². The Kier molecular flexibility index (Phi) is 4.53. The van der Waals surface area contributed by atoms with Gasteiger partial charge in [-0.25, -0.2) is 0 Å². The minimum absolute atomic E-state index is 0.154. The number of carbonyl (C=O) groups excluding carboxylic acids is 1. The number of halogens is 1. The first-order valence-electron chi connectivity index (χ1n) is 7.94. The lowest BCUT2D eigenvalue weighted by Gasteiger charge is -2.26. The van der Waals surface area contributed by atoms with Gasteiger partial charge in [-0.15, -0.1) is 0 Å². The zero-order valence-corrected chi connectivity index (χ0v) is 13.6. The van der Waals surface area contributed by atoms with E-state index in [1.165, 1.54) is 6.42 Å². The second kappa shape index (κ2) is 6.57. The van der Waals surface area contributed by atoms with Crippen molar-refractivity contribution in [2.45, 2.75) is 32.7 Å². The van der Waals surface area contributed by atoms with Gasteiger partial charge >= 0.3 is 0 Å². The van der Waals surface area contributed by atoms with Crippen LogP contribution in [-0.2, 0) is 6.54 Å². The third kappa shape index (κ3) is 3.05. The van der Waals surface area contributed by atoms with Crippen LogP contribution in [0, 0.1) is 0 Å². The van der Waals surface area contributed by atoms with Crippen molar-refractivity contribution in [2.75, 3.05) is 13.1 Å². The summed E-state index contributed by atoms with van der Waals surface area (Å²) < 4.78 is 2.04. The SMILES string of the molecule is CCn1cc(-c2ccc(Cl)cc2)cc1C(=O)N1CCCCC1. The maximum atomic E-state index is 12.8. The fraction of sp³-hybridized carbons (Fsp3) is 0.389. The molecule has 2 heterocycles. The van der Waals surface area contributed by atoms with E-state index in [-0.39, 0.29) is 5.91 Å². The van der Waals surface area contributed by atoms with Gasteiger partial charge < -0.3 is 9.47 Å². The molecule has 3 nitrogen and oxygen atoms in total. The molecule has 1 amide bonds. The zero-order chi connectivity index (χ0) is 15.5. The molecule has 3 rings (SSSR count). The molecule has 1 aromatic heterocycles. The molecule has 0 N–H and O–H groups in total. The molecule has 1 saturated heterocycles. The molecule has 4 heteroatoms. The lowest BCUT2D eigenvalue weighted by molar-refractivity contribution is 0.0713. The third-order valence-corrected chi connectivity index (χ3v) is 4.53. The number of aryl methyl sites for hydroxylation is 1. The lowest BCUT2D eigenvalue weighted by atomic mass is 10.1. The Morgan fingerprint density at radius 1 is 1.09 bits per heavy atom. The Morgan fingerprint density at radius 3 is 2.41 bits per heavy atom. The number of rotatable bonds is 3. The van der Waals surface area contributed by atoms with Crippen LogP contribution < -0.4 is 0 Å². The van der Waals surface area contributed by atoms with E-state index in [9.17, 15) is 4.79 Å². The largest absolute Gasteiger partial charge is 0.343 e. The van der Waals surface area contributed by atoms with E-state index in [4.69, 9.17) is 11.6 Å². The highest BCUT2D eigenvalue weighted by Crippen LogP contribution is 2.25. The molecule has 0 atom stereocenters. The molecule has 22 heavy (non-hydrogen) atoms. The molecule has 0 radical (unpaired) electrons. The summed E-state index contributed by atoms with van der Waals surface area (Å²) in [6.45, 7) is 4.62. The number of carbonyl (C=O) groups is 1. The van der Waals surface area contributed by atoms with Crippen molar-refractivity contribution in [1.29, 1.82) is 0 Å². The van der Waals surface area contributed by atoms with E-state index in [1.54, 1.807) is 0 Å². The fourth-order valence-corrected chi connectivity index (χ4v) is 3.14. The summed E-state index contributed by atoms with van der Waals surface area (Å²) in [6.07, 6.45) is 5.51. The minimum atomic E-state index is 0.154. The number of hydrogen-bond acceptors (Lipinski definition) is 1. The van der Waals surface area contributed by atoms with Gasteiger partial charge in [0, 0.05) is 36.4 Å². The van der Waals surface area contributed by atoms with E-state index in [0.29, 0.717) is 0 Å². The molecular weight excluding hydrogens is 296 g/mol. The van der Waals surface area contributed by atoms with Crippen molar-refractivity contribution in [3.8, 4) is 11.1 Å². The first-order chi connectivity index (χ1) is 10.7. The van der Waals surface area contributed by atoms with E-state index in [0.717, 1.165) is 54.3 Å². The molecular formula is C18H21ClN2O. The first kappa shape index (κ1) is 15.2. The van der Waals surface area contributed by atoms with Gasteiger partial charge in [-0.3, -0.25) is 4.79 Å². The molecule has 1 fully saturated rings. The second-order valence-corrected chi connectivity index (χ2v) is 6.20. The number of likely N-dealkylation sites (tertiary alicyclic amines) is 1. The molecule has 1 aliphatic rings. The van der Waals surface area contributed by atoms with Gasteiger partial charge in [-0.2, -0.15) is 0 Å². The van der Waals surface area contributed by atoms with Gasteiger partial charge in [-0.05, 0) is 49.9 Å². The summed E-state index contributed by atoms with van der Waals surface area (Å²) in [4.78, 5) is 14.7. The predicted octanol–water partition coefficient (Wildman–Crippen LogP) is 4.45. The van der Waals surface area contributed by atoms with E-state index in [1.807, 2.05) is 39.8 Å². The molecule has 1 aliphatic heterocycles. The van der Waals surface area contributed by atoms with Crippen molar-refractivity contribution in [3.63, 3.8) is 0 Å². The van der Waals surface area contributed by atoms with Crippen LogP contribution in [0.2, 0.25) is 5.02 Å². The topological polar surface area (TPSA) is 25.2 Å².